The minimum atomic E-state index is -0.406. The average Bonchev–Trinajstić information content (AvgIpc) is 2.27. The number of rotatable bonds is 3. The predicted molar refractivity (Wildman–Crippen MR) is 73.3 cm³/mol. The highest BCUT2D eigenvalue weighted by Crippen LogP contribution is 2.17. The van der Waals surface area contributed by atoms with Gasteiger partial charge in [-0.25, -0.2) is 4.39 Å². The van der Waals surface area contributed by atoms with E-state index >= 15 is 0 Å². The van der Waals surface area contributed by atoms with Crippen LogP contribution in [0.2, 0.25) is 0 Å². The number of carbonyl (C=O) groups is 1. The van der Waals surface area contributed by atoms with E-state index in [9.17, 15) is 9.18 Å². The molecule has 0 radical (unpaired) electrons. The van der Waals surface area contributed by atoms with Crippen LogP contribution in [0, 0.1) is 12.7 Å². The molecule has 0 aliphatic rings. The first-order valence-corrected chi connectivity index (χ1v) is 6.39. The Morgan fingerprint density at radius 2 is 2.00 bits per heavy atom. The number of aryl methyl sites for hydroxylation is 1. The predicted octanol–water partition coefficient (Wildman–Crippen LogP) is 4.32. The zero-order valence-corrected chi connectivity index (χ0v) is 11.5. The van der Waals surface area contributed by atoms with E-state index in [1.807, 2.05) is 31.2 Å². The molecule has 0 amide bonds. The van der Waals surface area contributed by atoms with Crippen LogP contribution in [0.1, 0.15) is 21.5 Å². The van der Waals surface area contributed by atoms with Crippen LogP contribution in [-0.2, 0) is 6.42 Å². The highest BCUT2D eigenvalue weighted by molar-refractivity contribution is 9.10. The van der Waals surface area contributed by atoms with E-state index in [0.29, 0.717) is 10.0 Å². The first-order valence-electron chi connectivity index (χ1n) is 5.59. The Bertz CT molecular complexity index is 573. The molecule has 2 aromatic rings. The fraction of sp³-hybridized carbons (Fsp3) is 0.133. The van der Waals surface area contributed by atoms with Crippen molar-refractivity contribution in [2.75, 3.05) is 0 Å². The van der Waals surface area contributed by atoms with Gasteiger partial charge in [-0.3, -0.25) is 4.79 Å². The van der Waals surface area contributed by atoms with Gasteiger partial charge in [0.15, 0.2) is 5.78 Å². The van der Waals surface area contributed by atoms with Crippen LogP contribution in [-0.4, -0.2) is 5.78 Å². The molecular weight excluding hydrogens is 295 g/mol. The van der Waals surface area contributed by atoms with Gasteiger partial charge in [-0.1, -0.05) is 45.8 Å². The van der Waals surface area contributed by atoms with Crippen molar-refractivity contribution in [3.05, 3.63) is 69.4 Å². The highest BCUT2D eigenvalue weighted by Gasteiger charge is 2.09. The minimum absolute atomic E-state index is 0.0826. The second-order valence-corrected chi connectivity index (χ2v) is 5.16. The molecule has 0 bridgehead atoms. The summed E-state index contributed by atoms with van der Waals surface area (Å²) < 4.78 is 13.8. The molecule has 18 heavy (non-hydrogen) atoms. The summed E-state index contributed by atoms with van der Waals surface area (Å²) in [6, 6.07) is 12.0. The lowest BCUT2D eigenvalue weighted by Crippen LogP contribution is -2.04. The number of hydrogen-bond acceptors (Lipinski definition) is 1. The molecule has 0 aliphatic carbocycles. The zero-order valence-electron chi connectivity index (χ0n) is 9.91. The average molecular weight is 307 g/mol. The first kappa shape index (κ1) is 13.0. The Labute approximate surface area is 114 Å². The fourth-order valence-electron chi connectivity index (χ4n) is 1.82. The van der Waals surface area contributed by atoms with Gasteiger partial charge in [-0.15, -0.1) is 0 Å². The minimum Gasteiger partial charge on any atom is -0.294 e. The van der Waals surface area contributed by atoms with E-state index in [1.165, 1.54) is 12.1 Å². The number of Topliss-reactive ketones (excluding diaryl/α,β-unsaturated/α-hetero) is 1. The lowest BCUT2D eigenvalue weighted by Gasteiger charge is -2.04. The summed E-state index contributed by atoms with van der Waals surface area (Å²) >= 11 is 3.19. The molecule has 0 aliphatic heterocycles. The maximum Gasteiger partial charge on any atom is 0.167 e. The molecule has 0 unspecified atom stereocenters. The van der Waals surface area contributed by atoms with Crippen LogP contribution < -0.4 is 0 Å². The monoisotopic (exact) mass is 306 g/mol. The van der Waals surface area contributed by atoms with Crippen LogP contribution >= 0.6 is 15.9 Å². The molecule has 1 nitrogen and oxygen atoms in total. The third kappa shape index (κ3) is 3.26. The van der Waals surface area contributed by atoms with Crippen molar-refractivity contribution in [2.24, 2.45) is 0 Å². The Kier molecular flexibility index (Phi) is 3.92. The molecule has 3 heteroatoms. The van der Waals surface area contributed by atoms with Crippen LogP contribution in [0.4, 0.5) is 4.39 Å². The van der Waals surface area contributed by atoms with Gasteiger partial charge < -0.3 is 0 Å². The van der Waals surface area contributed by atoms with Crippen molar-refractivity contribution in [3.8, 4) is 0 Å². The van der Waals surface area contributed by atoms with Gasteiger partial charge in [0.05, 0.1) is 0 Å². The number of benzene rings is 2. The molecular formula is C15H12BrFO. The van der Waals surface area contributed by atoms with Gasteiger partial charge in [0.25, 0.3) is 0 Å². The summed E-state index contributed by atoms with van der Waals surface area (Å²) in [7, 11) is 0. The number of carbonyl (C=O) groups excluding carboxylic acids is 1. The SMILES string of the molecule is Cc1cccc(CC(=O)c2cc(F)cc(Br)c2)c1. The largest absolute Gasteiger partial charge is 0.294 e. The highest BCUT2D eigenvalue weighted by atomic mass is 79.9. The van der Waals surface area contributed by atoms with Crippen molar-refractivity contribution in [1.29, 1.82) is 0 Å². The summed E-state index contributed by atoms with van der Waals surface area (Å²) in [6.07, 6.45) is 0.289. The Hall–Kier alpha value is -1.48. The topological polar surface area (TPSA) is 17.1 Å². The van der Waals surface area contributed by atoms with E-state index < -0.39 is 5.82 Å². The number of ketones is 1. The molecule has 0 saturated carbocycles. The van der Waals surface area contributed by atoms with Crippen molar-refractivity contribution in [3.63, 3.8) is 0 Å². The molecule has 0 atom stereocenters. The van der Waals surface area contributed by atoms with E-state index in [-0.39, 0.29) is 12.2 Å². The standard InChI is InChI=1S/C15H12BrFO/c1-10-3-2-4-11(5-10)6-15(18)12-7-13(16)9-14(17)8-12/h2-5,7-9H,6H2,1H3. The van der Waals surface area contributed by atoms with Gasteiger partial charge in [-0.05, 0) is 30.7 Å². The summed E-state index contributed by atoms with van der Waals surface area (Å²) in [5, 5.41) is 0. The molecule has 0 fully saturated rings. The van der Waals surface area contributed by atoms with Gasteiger partial charge in [0, 0.05) is 16.5 Å². The van der Waals surface area contributed by atoms with Gasteiger partial charge in [0.1, 0.15) is 5.82 Å². The normalized spacial score (nSPS) is 10.4. The Morgan fingerprint density at radius 3 is 2.67 bits per heavy atom. The van der Waals surface area contributed by atoms with Crippen LogP contribution in [0.15, 0.2) is 46.9 Å². The third-order valence-corrected chi connectivity index (χ3v) is 3.09. The summed E-state index contributed by atoms with van der Waals surface area (Å²) in [4.78, 5) is 12.0. The van der Waals surface area contributed by atoms with Crippen LogP contribution in [0.5, 0.6) is 0 Å². The molecule has 92 valence electrons. The van der Waals surface area contributed by atoms with Crippen molar-refractivity contribution < 1.29 is 9.18 Å². The molecule has 2 aromatic carbocycles. The smallest absolute Gasteiger partial charge is 0.167 e. The zero-order chi connectivity index (χ0) is 13.1. The molecule has 0 N–H and O–H groups in total. The first-order chi connectivity index (χ1) is 8.54. The second-order valence-electron chi connectivity index (χ2n) is 4.25. The molecule has 0 saturated heterocycles. The van der Waals surface area contributed by atoms with E-state index in [0.717, 1.165) is 11.1 Å². The Morgan fingerprint density at radius 1 is 1.22 bits per heavy atom. The molecule has 0 aromatic heterocycles. The molecule has 0 heterocycles. The van der Waals surface area contributed by atoms with E-state index in [4.69, 9.17) is 0 Å². The van der Waals surface area contributed by atoms with Crippen molar-refractivity contribution in [2.45, 2.75) is 13.3 Å². The molecule has 0 spiro atoms. The fourth-order valence-corrected chi connectivity index (χ4v) is 2.29. The summed E-state index contributed by atoms with van der Waals surface area (Å²) in [6.45, 7) is 1.98. The van der Waals surface area contributed by atoms with E-state index in [1.54, 1.807) is 6.07 Å². The lowest BCUT2D eigenvalue weighted by molar-refractivity contribution is 0.0992. The van der Waals surface area contributed by atoms with Crippen LogP contribution in [0.25, 0.3) is 0 Å². The number of halogens is 2. The van der Waals surface area contributed by atoms with Gasteiger partial charge >= 0.3 is 0 Å². The number of hydrogen-bond donors (Lipinski definition) is 0. The Balaban J connectivity index is 2.22. The lowest BCUT2D eigenvalue weighted by atomic mass is 10.0. The van der Waals surface area contributed by atoms with Gasteiger partial charge in [-0.2, -0.15) is 0 Å². The van der Waals surface area contributed by atoms with Crippen molar-refractivity contribution in [1.82, 2.24) is 0 Å². The maximum absolute atomic E-state index is 13.2. The maximum atomic E-state index is 13.2. The molecule has 2 rings (SSSR count). The van der Waals surface area contributed by atoms with E-state index in [2.05, 4.69) is 15.9 Å². The summed E-state index contributed by atoms with van der Waals surface area (Å²) in [5.74, 6) is -0.488. The van der Waals surface area contributed by atoms with Crippen molar-refractivity contribution >= 4 is 21.7 Å². The third-order valence-electron chi connectivity index (χ3n) is 2.63. The quantitative estimate of drug-likeness (QED) is 0.772. The second kappa shape index (κ2) is 5.44. The summed E-state index contributed by atoms with van der Waals surface area (Å²) in [5.41, 5.74) is 2.45. The van der Waals surface area contributed by atoms with Gasteiger partial charge in [0.2, 0.25) is 0 Å². The van der Waals surface area contributed by atoms with Crippen LogP contribution in [0.3, 0.4) is 0 Å².